The van der Waals surface area contributed by atoms with Crippen LogP contribution >= 0.6 is 8.38 Å². The summed E-state index contributed by atoms with van der Waals surface area (Å²) in [7, 11) is -0.860. The third-order valence-electron chi connectivity index (χ3n) is 0.806. The summed E-state index contributed by atoms with van der Waals surface area (Å²) in [6.07, 6.45) is 0.873. The lowest BCUT2D eigenvalue weighted by Crippen LogP contribution is -2.10. The van der Waals surface area contributed by atoms with Crippen LogP contribution in [0, 0.1) is 0 Å². The molecule has 2 N–H and O–H groups in total. The summed E-state index contributed by atoms with van der Waals surface area (Å²) in [6.45, 7) is 7.92. The first kappa shape index (κ1) is 11.3. The summed E-state index contributed by atoms with van der Waals surface area (Å²) in [5.41, 5.74) is 5.45. The molecule has 0 spiro atoms. The number of rotatable bonds is 5. The largest absolute Gasteiger partial charge is 0.330 e. The van der Waals surface area contributed by atoms with Crippen LogP contribution in [0.25, 0.3) is 0 Å². The van der Waals surface area contributed by atoms with Gasteiger partial charge in [-0.15, -0.1) is 0 Å². The number of hydrogen-bond acceptors (Lipinski definition) is 3. The second kappa shape index (κ2) is 5.90. The highest BCUT2D eigenvalue weighted by molar-refractivity contribution is 7.47. The van der Waals surface area contributed by atoms with Crippen LogP contribution in [-0.2, 0) is 9.05 Å². The molecular formula is C7H18NO2P. The van der Waals surface area contributed by atoms with E-state index < -0.39 is 8.38 Å². The van der Waals surface area contributed by atoms with Crippen molar-refractivity contribution in [3.63, 3.8) is 0 Å². The minimum atomic E-state index is -0.860. The lowest BCUT2D eigenvalue weighted by molar-refractivity contribution is 0.177. The fourth-order valence-electron chi connectivity index (χ4n) is 0.581. The van der Waals surface area contributed by atoms with E-state index in [1.165, 1.54) is 0 Å². The smallest absolute Gasteiger partial charge is 0.185 e. The maximum absolute atomic E-state index is 5.45. The maximum Gasteiger partial charge on any atom is 0.185 e. The Hall–Kier alpha value is 0.310. The van der Waals surface area contributed by atoms with E-state index in [1.807, 2.05) is 27.7 Å². The molecule has 0 amide bonds. The van der Waals surface area contributed by atoms with Crippen LogP contribution in [0.4, 0.5) is 0 Å². The first-order chi connectivity index (χ1) is 5.06. The second-order valence-corrected chi connectivity index (χ2v) is 4.28. The minimum absolute atomic E-state index is 0.198. The lowest BCUT2D eigenvalue weighted by Gasteiger charge is -2.19. The van der Waals surface area contributed by atoms with Crippen LogP contribution in [0.2, 0.25) is 0 Å². The van der Waals surface area contributed by atoms with E-state index in [2.05, 4.69) is 0 Å². The zero-order chi connectivity index (χ0) is 8.85. The standard InChI is InChI=1S/C7H18NO2P/c1-6(2)9-11(5-8)10-7(3)4/h6-7H,5,8H2,1-4H3. The molecule has 68 valence electrons. The zero-order valence-electron chi connectivity index (χ0n) is 7.70. The number of hydrogen-bond donors (Lipinski definition) is 1. The van der Waals surface area contributed by atoms with Crippen molar-refractivity contribution in [2.75, 3.05) is 6.29 Å². The van der Waals surface area contributed by atoms with Gasteiger partial charge in [0.25, 0.3) is 0 Å². The van der Waals surface area contributed by atoms with Crippen molar-refractivity contribution in [2.24, 2.45) is 5.73 Å². The average molecular weight is 179 g/mol. The molecular weight excluding hydrogens is 161 g/mol. The van der Waals surface area contributed by atoms with Gasteiger partial charge in [0.2, 0.25) is 0 Å². The van der Waals surface area contributed by atoms with Crippen LogP contribution in [-0.4, -0.2) is 18.5 Å². The van der Waals surface area contributed by atoms with Gasteiger partial charge in [0, 0.05) is 0 Å². The summed E-state index contributed by atoms with van der Waals surface area (Å²) in [4.78, 5) is 0. The molecule has 0 saturated carbocycles. The van der Waals surface area contributed by atoms with Gasteiger partial charge in [-0.25, -0.2) is 0 Å². The van der Waals surface area contributed by atoms with Crippen molar-refractivity contribution >= 4 is 8.38 Å². The van der Waals surface area contributed by atoms with E-state index in [4.69, 9.17) is 14.8 Å². The van der Waals surface area contributed by atoms with Gasteiger partial charge in [0.1, 0.15) is 0 Å². The lowest BCUT2D eigenvalue weighted by atomic mass is 10.5. The van der Waals surface area contributed by atoms with Crippen LogP contribution in [0.5, 0.6) is 0 Å². The molecule has 0 aromatic rings. The van der Waals surface area contributed by atoms with Gasteiger partial charge < -0.3 is 14.8 Å². The van der Waals surface area contributed by atoms with E-state index >= 15 is 0 Å². The molecule has 0 fully saturated rings. The van der Waals surface area contributed by atoms with Crippen molar-refractivity contribution < 1.29 is 9.05 Å². The monoisotopic (exact) mass is 179 g/mol. The molecule has 11 heavy (non-hydrogen) atoms. The topological polar surface area (TPSA) is 44.5 Å². The SMILES string of the molecule is CC(C)OP(CN)OC(C)C. The summed E-state index contributed by atoms with van der Waals surface area (Å²) in [5.74, 6) is 0. The Balaban J connectivity index is 3.58. The molecule has 0 rings (SSSR count). The van der Waals surface area contributed by atoms with Gasteiger partial charge >= 0.3 is 0 Å². The summed E-state index contributed by atoms with van der Waals surface area (Å²) in [5, 5.41) is 0. The quantitative estimate of drug-likeness (QED) is 0.657. The highest BCUT2D eigenvalue weighted by atomic mass is 31.2. The Morgan fingerprint density at radius 3 is 1.64 bits per heavy atom. The van der Waals surface area contributed by atoms with E-state index in [0.717, 1.165) is 0 Å². The molecule has 0 unspecified atom stereocenters. The molecule has 0 aliphatic heterocycles. The van der Waals surface area contributed by atoms with Gasteiger partial charge in [0.05, 0.1) is 18.5 Å². The first-order valence-corrected chi connectivity index (χ1v) is 5.23. The Labute approximate surface area is 70.2 Å². The van der Waals surface area contributed by atoms with Crippen molar-refractivity contribution in [3.8, 4) is 0 Å². The molecule has 0 heterocycles. The Bertz CT molecular complexity index is 88.4. The average Bonchev–Trinajstić information content (AvgIpc) is 1.84. The minimum Gasteiger partial charge on any atom is -0.330 e. The summed E-state index contributed by atoms with van der Waals surface area (Å²) in [6, 6.07) is 0. The van der Waals surface area contributed by atoms with Gasteiger partial charge in [-0.05, 0) is 27.7 Å². The van der Waals surface area contributed by atoms with Crippen LogP contribution < -0.4 is 5.73 Å². The normalized spacial score (nSPS) is 12.0. The van der Waals surface area contributed by atoms with E-state index in [0.29, 0.717) is 6.29 Å². The van der Waals surface area contributed by atoms with Crippen LogP contribution in [0.15, 0.2) is 0 Å². The Morgan fingerprint density at radius 1 is 1.09 bits per heavy atom. The number of nitrogens with two attached hydrogens (primary N) is 1. The van der Waals surface area contributed by atoms with E-state index in [9.17, 15) is 0 Å². The predicted octanol–water partition coefficient (Wildman–Crippen LogP) is 2.06. The third-order valence-corrected chi connectivity index (χ3v) is 2.42. The molecule has 0 bridgehead atoms. The highest BCUT2D eigenvalue weighted by Crippen LogP contribution is 2.38. The second-order valence-electron chi connectivity index (χ2n) is 2.82. The molecule has 3 nitrogen and oxygen atoms in total. The van der Waals surface area contributed by atoms with Gasteiger partial charge in [0.15, 0.2) is 8.38 Å². The summed E-state index contributed by atoms with van der Waals surface area (Å²) >= 11 is 0. The molecule has 0 aromatic heterocycles. The van der Waals surface area contributed by atoms with E-state index in [1.54, 1.807) is 0 Å². The fraction of sp³-hybridized carbons (Fsp3) is 1.00. The zero-order valence-corrected chi connectivity index (χ0v) is 8.60. The fourth-order valence-corrected chi connectivity index (χ4v) is 1.74. The molecule has 4 heteroatoms. The van der Waals surface area contributed by atoms with Gasteiger partial charge in [-0.3, -0.25) is 0 Å². The molecule has 0 aliphatic rings. The molecule has 0 aliphatic carbocycles. The van der Waals surface area contributed by atoms with Crippen LogP contribution in [0.1, 0.15) is 27.7 Å². The Kier molecular flexibility index (Phi) is 6.06. The first-order valence-electron chi connectivity index (χ1n) is 3.87. The molecule has 0 aromatic carbocycles. The molecule has 0 atom stereocenters. The van der Waals surface area contributed by atoms with Crippen molar-refractivity contribution in [1.82, 2.24) is 0 Å². The van der Waals surface area contributed by atoms with Crippen molar-refractivity contribution in [3.05, 3.63) is 0 Å². The van der Waals surface area contributed by atoms with Crippen molar-refractivity contribution in [2.45, 2.75) is 39.9 Å². The van der Waals surface area contributed by atoms with Gasteiger partial charge in [-0.1, -0.05) is 0 Å². The third kappa shape index (κ3) is 6.70. The maximum atomic E-state index is 5.45. The van der Waals surface area contributed by atoms with Crippen LogP contribution in [0.3, 0.4) is 0 Å². The van der Waals surface area contributed by atoms with Gasteiger partial charge in [-0.2, -0.15) is 0 Å². The molecule has 0 saturated heterocycles. The van der Waals surface area contributed by atoms with Crippen molar-refractivity contribution in [1.29, 1.82) is 0 Å². The van der Waals surface area contributed by atoms with E-state index in [-0.39, 0.29) is 12.2 Å². The predicted molar refractivity (Wildman–Crippen MR) is 48.4 cm³/mol. The summed E-state index contributed by atoms with van der Waals surface area (Å²) < 4.78 is 10.9. The molecule has 0 radical (unpaired) electrons. The highest BCUT2D eigenvalue weighted by Gasteiger charge is 2.11. The Morgan fingerprint density at radius 2 is 1.45 bits per heavy atom.